The van der Waals surface area contributed by atoms with Crippen LogP contribution in [-0.4, -0.2) is 28.3 Å². The predicted molar refractivity (Wildman–Crippen MR) is 56.8 cm³/mol. The fourth-order valence-electron chi connectivity index (χ4n) is 1.53. The average molecular weight is 221 g/mol. The lowest BCUT2D eigenvalue weighted by Gasteiger charge is -2.02. The first kappa shape index (κ1) is 10.7. The van der Waals surface area contributed by atoms with Crippen molar-refractivity contribution in [3.63, 3.8) is 0 Å². The predicted octanol–water partition coefficient (Wildman–Crippen LogP) is 0.938. The molecule has 0 atom stereocenters. The van der Waals surface area contributed by atoms with E-state index in [4.69, 9.17) is 10.2 Å². The average Bonchev–Trinajstić information content (AvgIpc) is 2.70. The Bertz CT molecular complexity index is 530. The highest BCUT2D eigenvalue weighted by atomic mass is 16.5. The zero-order chi connectivity index (χ0) is 11.7. The number of methoxy groups -OCH3 is 1. The number of H-pyrrole nitrogens is 1. The number of esters is 1. The number of ether oxygens (including phenoxy) is 1. The smallest absolute Gasteiger partial charge is 0.354 e. The van der Waals surface area contributed by atoms with Gasteiger partial charge in [-0.3, -0.25) is 0 Å². The molecule has 1 aromatic heterocycles. The molecule has 0 amide bonds. The van der Waals surface area contributed by atoms with Gasteiger partial charge in [-0.05, 0) is 18.2 Å². The summed E-state index contributed by atoms with van der Waals surface area (Å²) >= 11 is 0. The lowest BCUT2D eigenvalue weighted by atomic mass is 10.1. The number of hydrogen-bond acceptors (Lipinski definition) is 4. The molecule has 5 nitrogen and oxygen atoms in total. The fraction of sp³-hybridized carbons (Fsp3) is 0.182. The summed E-state index contributed by atoms with van der Waals surface area (Å²) in [5, 5.41) is 18.7. The third kappa shape index (κ3) is 1.78. The van der Waals surface area contributed by atoms with Crippen molar-refractivity contribution in [3.05, 3.63) is 35.5 Å². The lowest BCUT2D eigenvalue weighted by Crippen LogP contribution is -2.00. The Hall–Kier alpha value is -1.85. The highest BCUT2D eigenvalue weighted by Crippen LogP contribution is 2.20. The van der Waals surface area contributed by atoms with Crippen LogP contribution in [0.25, 0.3) is 10.9 Å². The molecule has 0 aliphatic carbocycles. The summed E-state index contributed by atoms with van der Waals surface area (Å²) in [6.45, 7) is 0. The molecule has 0 saturated heterocycles. The summed E-state index contributed by atoms with van der Waals surface area (Å²) in [6.07, 6.45) is -1.51. The van der Waals surface area contributed by atoms with Gasteiger partial charge < -0.3 is 19.9 Å². The van der Waals surface area contributed by atoms with Gasteiger partial charge in [-0.15, -0.1) is 0 Å². The van der Waals surface area contributed by atoms with Crippen molar-refractivity contribution in [3.8, 4) is 0 Å². The van der Waals surface area contributed by atoms with Crippen molar-refractivity contribution in [1.29, 1.82) is 0 Å². The number of aromatic amines is 1. The van der Waals surface area contributed by atoms with Crippen LogP contribution in [-0.2, 0) is 4.74 Å². The second-order valence-electron chi connectivity index (χ2n) is 3.39. The maximum Gasteiger partial charge on any atom is 0.354 e. The zero-order valence-electron chi connectivity index (χ0n) is 8.60. The number of aliphatic hydroxyl groups is 2. The number of aliphatic hydroxyl groups excluding tert-OH is 1. The van der Waals surface area contributed by atoms with Crippen LogP contribution >= 0.6 is 0 Å². The maximum absolute atomic E-state index is 11.2. The van der Waals surface area contributed by atoms with Crippen LogP contribution in [0.15, 0.2) is 24.3 Å². The first-order chi connectivity index (χ1) is 7.61. The van der Waals surface area contributed by atoms with Gasteiger partial charge in [0.25, 0.3) is 0 Å². The van der Waals surface area contributed by atoms with Crippen molar-refractivity contribution < 1.29 is 19.7 Å². The molecule has 0 bridgehead atoms. The third-order valence-electron chi connectivity index (χ3n) is 2.35. The number of benzene rings is 1. The van der Waals surface area contributed by atoms with Crippen LogP contribution in [0.3, 0.4) is 0 Å². The summed E-state index contributed by atoms with van der Waals surface area (Å²) in [6, 6.07) is 6.46. The second-order valence-corrected chi connectivity index (χ2v) is 3.39. The molecule has 1 aromatic carbocycles. The largest absolute Gasteiger partial charge is 0.464 e. The topological polar surface area (TPSA) is 82.6 Å². The summed E-state index contributed by atoms with van der Waals surface area (Å²) in [5.74, 6) is -0.456. The zero-order valence-corrected chi connectivity index (χ0v) is 8.60. The molecule has 3 N–H and O–H groups in total. The Balaban J connectivity index is 2.50. The minimum absolute atomic E-state index is 0.335. The molecule has 84 valence electrons. The lowest BCUT2D eigenvalue weighted by molar-refractivity contribution is -0.0423. The fourth-order valence-corrected chi connectivity index (χ4v) is 1.53. The molecule has 0 fully saturated rings. The third-order valence-corrected chi connectivity index (χ3v) is 2.35. The Kier molecular flexibility index (Phi) is 2.64. The highest BCUT2D eigenvalue weighted by Gasteiger charge is 2.10. The molecule has 0 saturated carbocycles. The summed E-state index contributed by atoms with van der Waals surface area (Å²) < 4.78 is 4.57. The molecule has 0 aliphatic rings. The molecule has 0 aliphatic heterocycles. The van der Waals surface area contributed by atoms with E-state index in [-0.39, 0.29) is 0 Å². The van der Waals surface area contributed by atoms with E-state index >= 15 is 0 Å². The van der Waals surface area contributed by atoms with Gasteiger partial charge in [-0.25, -0.2) is 4.79 Å². The van der Waals surface area contributed by atoms with Crippen LogP contribution < -0.4 is 0 Å². The molecule has 0 radical (unpaired) electrons. The van der Waals surface area contributed by atoms with Crippen LogP contribution in [0.2, 0.25) is 0 Å². The quantitative estimate of drug-likeness (QED) is 0.520. The molecule has 2 rings (SSSR count). The van der Waals surface area contributed by atoms with E-state index in [2.05, 4.69) is 9.72 Å². The molecule has 0 unspecified atom stereocenters. The molecule has 0 spiro atoms. The van der Waals surface area contributed by atoms with Gasteiger partial charge in [0, 0.05) is 16.5 Å². The molecular weight excluding hydrogens is 210 g/mol. The molecule has 5 heteroatoms. The van der Waals surface area contributed by atoms with Gasteiger partial charge in [0.1, 0.15) is 5.69 Å². The molecule has 1 heterocycles. The van der Waals surface area contributed by atoms with Gasteiger partial charge in [0.05, 0.1) is 7.11 Å². The Morgan fingerprint density at radius 2 is 2.12 bits per heavy atom. The van der Waals surface area contributed by atoms with E-state index in [1.165, 1.54) is 7.11 Å². The SMILES string of the molecule is COC(=O)c1cc2cc(C(O)O)ccc2[nH]1. The van der Waals surface area contributed by atoms with E-state index in [0.29, 0.717) is 11.3 Å². The van der Waals surface area contributed by atoms with Gasteiger partial charge in [0.15, 0.2) is 6.29 Å². The van der Waals surface area contributed by atoms with Gasteiger partial charge in [-0.1, -0.05) is 6.07 Å². The van der Waals surface area contributed by atoms with Crippen molar-refractivity contribution >= 4 is 16.9 Å². The summed E-state index contributed by atoms with van der Waals surface area (Å²) in [4.78, 5) is 14.1. The van der Waals surface area contributed by atoms with Crippen molar-refractivity contribution in [2.45, 2.75) is 6.29 Å². The van der Waals surface area contributed by atoms with Gasteiger partial charge in [0.2, 0.25) is 0 Å². The Labute approximate surface area is 91.3 Å². The van der Waals surface area contributed by atoms with Crippen LogP contribution in [0, 0.1) is 0 Å². The van der Waals surface area contributed by atoms with Crippen molar-refractivity contribution in [2.75, 3.05) is 7.11 Å². The number of hydrogen-bond donors (Lipinski definition) is 3. The van der Waals surface area contributed by atoms with Gasteiger partial charge in [-0.2, -0.15) is 0 Å². The van der Waals surface area contributed by atoms with Gasteiger partial charge >= 0.3 is 5.97 Å². The monoisotopic (exact) mass is 221 g/mol. The minimum Gasteiger partial charge on any atom is -0.464 e. The first-order valence-electron chi connectivity index (χ1n) is 4.69. The Morgan fingerprint density at radius 1 is 1.38 bits per heavy atom. The maximum atomic E-state index is 11.2. The van der Waals surface area contributed by atoms with Crippen LogP contribution in [0.1, 0.15) is 22.3 Å². The molecular formula is C11H11NO4. The summed E-state index contributed by atoms with van der Waals surface area (Å²) in [7, 11) is 1.30. The molecule has 16 heavy (non-hydrogen) atoms. The van der Waals surface area contributed by atoms with E-state index in [0.717, 1.165) is 10.9 Å². The van der Waals surface area contributed by atoms with Crippen molar-refractivity contribution in [1.82, 2.24) is 4.98 Å². The number of carbonyl (C=O) groups is 1. The van der Waals surface area contributed by atoms with Crippen LogP contribution in [0.4, 0.5) is 0 Å². The normalized spacial score (nSPS) is 11.0. The van der Waals surface area contributed by atoms with E-state index in [9.17, 15) is 4.79 Å². The van der Waals surface area contributed by atoms with Crippen LogP contribution in [0.5, 0.6) is 0 Å². The highest BCUT2D eigenvalue weighted by molar-refractivity contribution is 5.94. The number of rotatable bonds is 2. The van der Waals surface area contributed by atoms with E-state index in [1.54, 1.807) is 24.3 Å². The standard InChI is InChI=1S/C11H11NO4/c1-16-11(15)9-5-7-4-6(10(13)14)2-3-8(7)12-9/h2-5,10,12-14H,1H3. The molecule has 2 aromatic rings. The van der Waals surface area contributed by atoms with Crippen molar-refractivity contribution in [2.24, 2.45) is 0 Å². The number of fused-ring (bicyclic) bond motifs is 1. The summed E-state index contributed by atoms with van der Waals surface area (Å²) in [5.41, 5.74) is 1.45. The second kappa shape index (κ2) is 3.96. The Morgan fingerprint density at radius 3 is 2.75 bits per heavy atom. The first-order valence-corrected chi connectivity index (χ1v) is 4.69. The minimum atomic E-state index is -1.51. The number of aromatic nitrogens is 1. The van der Waals surface area contributed by atoms with E-state index < -0.39 is 12.3 Å². The number of nitrogens with one attached hydrogen (secondary N) is 1. The number of carbonyl (C=O) groups excluding carboxylic acids is 1. The van der Waals surface area contributed by atoms with E-state index in [1.807, 2.05) is 0 Å².